The zero-order valence-corrected chi connectivity index (χ0v) is 13.2. The third kappa shape index (κ3) is 5.84. The van der Waals surface area contributed by atoms with Gasteiger partial charge in [-0.3, -0.25) is 10.1 Å². The fraction of sp³-hybridized carbons (Fsp3) is 0.500. The Morgan fingerprint density at radius 2 is 2.08 bits per heavy atom. The van der Waals surface area contributed by atoms with E-state index in [0.717, 1.165) is 25.0 Å². The number of benzene rings is 1. The standard InChI is InChI=1S/C16H19F3N2O3/c1-2-23-8-9-24-15(20-13-6-7-13)21-14(22)11-4-3-5-12(10-11)16(17,18)19/h3-5,10,13H,2,6-9H2,1H3,(H,20,21,22). The zero-order valence-electron chi connectivity index (χ0n) is 13.2. The summed E-state index contributed by atoms with van der Waals surface area (Å²) in [4.78, 5) is 16.4. The average molecular weight is 344 g/mol. The lowest BCUT2D eigenvalue weighted by atomic mass is 10.1. The van der Waals surface area contributed by atoms with Crippen LogP contribution in [0.3, 0.4) is 0 Å². The molecular formula is C16H19F3N2O3. The molecular weight excluding hydrogens is 325 g/mol. The molecule has 1 aromatic rings. The van der Waals surface area contributed by atoms with E-state index in [9.17, 15) is 18.0 Å². The van der Waals surface area contributed by atoms with Crippen LogP contribution < -0.4 is 5.32 Å². The number of carbonyl (C=O) groups excluding carboxylic acids is 1. The lowest BCUT2D eigenvalue weighted by molar-refractivity contribution is -0.137. The van der Waals surface area contributed by atoms with E-state index in [1.54, 1.807) is 0 Å². The molecule has 0 unspecified atom stereocenters. The molecule has 132 valence electrons. The Kier molecular flexibility index (Phi) is 6.19. The Hall–Kier alpha value is -2.09. The first kappa shape index (κ1) is 18.3. The number of halogens is 3. The van der Waals surface area contributed by atoms with Crippen LogP contribution in [0.1, 0.15) is 35.7 Å². The van der Waals surface area contributed by atoms with Crippen molar-refractivity contribution in [2.75, 3.05) is 19.8 Å². The monoisotopic (exact) mass is 344 g/mol. The molecule has 1 aromatic carbocycles. The van der Waals surface area contributed by atoms with Crippen LogP contribution in [0.4, 0.5) is 13.2 Å². The fourth-order valence-electron chi connectivity index (χ4n) is 1.82. The molecule has 1 saturated carbocycles. The van der Waals surface area contributed by atoms with E-state index in [1.807, 2.05) is 6.92 Å². The summed E-state index contributed by atoms with van der Waals surface area (Å²) in [6, 6.07) is 4.30. The minimum atomic E-state index is -4.50. The Bertz CT molecular complexity index is 598. The summed E-state index contributed by atoms with van der Waals surface area (Å²) >= 11 is 0. The summed E-state index contributed by atoms with van der Waals surface area (Å²) in [5, 5.41) is 2.43. The van der Waals surface area contributed by atoms with Crippen molar-refractivity contribution < 1.29 is 27.4 Å². The molecule has 1 aliphatic rings. The predicted octanol–water partition coefficient (Wildman–Crippen LogP) is 3.01. The van der Waals surface area contributed by atoms with Crippen molar-refractivity contribution in [1.29, 1.82) is 0 Å². The van der Waals surface area contributed by atoms with Gasteiger partial charge in [0.2, 0.25) is 0 Å². The molecule has 1 aliphatic carbocycles. The van der Waals surface area contributed by atoms with Crippen molar-refractivity contribution in [3.63, 3.8) is 0 Å². The molecule has 1 fully saturated rings. The minimum absolute atomic E-state index is 0.0135. The minimum Gasteiger partial charge on any atom is -0.463 e. The molecule has 0 saturated heterocycles. The van der Waals surface area contributed by atoms with E-state index in [0.29, 0.717) is 13.2 Å². The Morgan fingerprint density at radius 1 is 1.33 bits per heavy atom. The van der Waals surface area contributed by atoms with Gasteiger partial charge < -0.3 is 9.47 Å². The first-order valence-corrected chi connectivity index (χ1v) is 7.67. The van der Waals surface area contributed by atoms with Crippen molar-refractivity contribution in [2.45, 2.75) is 32.0 Å². The lowest BCUT2D eigenvalue weighted by Gasteiger charge is -2.12. The van der Waals surface area contributed by atoms with Crippen LogP contribution in [0, 0.1) is 0 Å². The van der Waals surface area contributed by atoms with E-state index in [4.69, 9.17) is 9.47 Å². The molecule has 2 rings (SSSR count). The SMILES string of the molecule is CCOCCOC(=NC1CC1)NC(=O)c1cccc(C(F)(F)F)c1. The van der Waals surface area contributed by atoms with Gasteiger partial charge >= 0.3 is 6.18 Å². The first-order valence-electron chi connectivity index (χ1n) is 7.67. The molecule has 0 heterocycles. The third-order valence-corrected chi connectivity index (χ3v) is 3.19. The highest BCUT2D eigenvalue weighted by Crippen LogP contribution is 2.29. The number of rotatable bonds is 6. The maximum atomic E-state index is 12.7. The topological polar surface area (TPSA) is 59.9 Å². The van der Waals surface area contributed by atoms with Crippen LogP contribution in [0.15, 0.2) is 29.3 Å². The number of alkyl halides is 3. The van der Waals surface area contributed by atoms with E-state index >= 15 is 0 Å². The number of nitrogens with zero attached hydrogens (tertiary/aromatic N) is 1. The number of aliphatic imine (C=N–C) groups is 1. The van der Waals surface area contributed by atoms with Crippen LogP contribution >= 0.6 is 0 Å². The Balaban J connectivity index is 2.01. The molecule has 0 aliphatic heterocycles. The second kappa shape index (κ2) is 8.14. The van der Waals surface area contributed by atoms with Gasteiger partial charge in [-0.25, -0.2) is 4.99 Å². The van der Waals surface area contributed by atoms with Crippen molar-refractivity contribution in [3.8, 4) is 0 Å². The molecule has 5 nitrogen and oxygen atoms in total. The van der Waals surface area contributed by atoms with E-state index in [2.05, 4.69) is 10.3 Å². The van der Waals surface area contributed by atoms with Gasteiger partial charge in [0.25, 0.3) is 11.9 Å². The predicted molar refractivity (Wildman–Crippen MR) is 81.8 cm³/mol. The summed E-state index contributed by atoms with van der Waals surface area (Å²) < 4.78 is 48.6. The van der Waals surface area contributed by atoms with Gasteiger partial charge in [-0.1, -0.05) is 6.07 Å². The van der Waals surface area contributed by atoms with Crippen molar-refractivity contribution in [1.82, 2.24) is 5.32 Å². The zero-order chi connectivity index (χ0) is 17.6. The van der Waals surface area contributed by atoms with E-state index in [1.165, 1.54) is 12.1 Å². The van der Waals surface area contributed by atoms with E-state index < -0.39 is 17.6 Å². The molecule has 8 heteroatoms. The van der Waals surface area contributed by atoms with Crippen molar-refractivity contribution >= 4 is 11.9 Å². The highest BCUT2D eigenvalue weighted by atomic mass is 19.4. The molecule has 1 amide bonds. The summed E-state index contributed by atoms with van der Waals surface area (Å²) in [5.41, 5.74) is -0.991. The molecule has 0 spiro atoms. The maximum Gasteiger partial charge on any atom is 0.416 e. The fourth-order valence-corrected chi connectivity index (χ4v) is 1.82. The lowest BCUT2D eigenvalue weighted by Crippen LogP contribution is -2.34. The van der Waals surface area contributed by atoms with Crippen LogP contribution in [-0.2, 0) is 15.7 Å². The summed E-state index contributed by atoms with van der Waals surface area (Å²) in [5.74, 6) is -0.697. The van der Waals surface area contributed by atoms with E-state index in [-0.39, 0.29) is 24.2 Å². The molecule has 0 atom stereocenters. The van der Waals surface area contributed by atoms with Gasteiger partial charge in [0.15, 0.2) is 0 Å². The maximum absolute atomic E-state index is 12.7. The molecule has 24 heavy (non-hydrogen) atoms. The van der Waals surface area contributed by atoms with Gasteiger partial charge in [-0.2, -0.15) is 13.2 Å². The highest BCUT2D eigenvalue weighted by Gasteiger charge is 2.31. The number of ether oxygens (including phenoxy) is 2. The van der Waals surface area contributed by atoms with Crippen molar-refractivity contribution in [2.24, 2.45) is 4.99 Å². The van der Waals surface area contributed by atoms with Crippen LogP contribution in [-0.4, -0.2) is 37.8 Å². The molecule has 0 aromatic heterocycles. The smallest absolute Gasteiger partial charge is 0.416 e. The molecule has 0 bridgehead atoms. The number of carbonyl (C=O) groups is 1. The number of amidine groups is 1. The number of hydrogen-bond donors (Lipinski definition) is 1. The van der Waals surface area contributed by atoms with Crippen LogP contribution in [0.2, 0.25) is 0 Å². The Labute approximate surface area is 137 Å². The van der Waals surface area contributed by atoms with Gasteiger partial charge in [-0.15, -0.1) is 0 Å². The number of amides is 1. The normalized spacial score (nSPS) is 15.2. The molecule has 0 radical (unpaired) electrons. The van der Waals surface area contributed by atoms with Crippen LogP contribution in [0.25, 0.3) is 0 Å². The number of nitrogens with one attached hydrogen (secondary N) is 1. The Morgan fingerprint density at radius 3 is 2.71 bits per heavy atom. The second-order valence-corrected chi connectivity index (χ2v) is 5.24. The first-order chi connectivity index (χ1) is 11.4. The third-order valence-electron chi connectivity index (χ3n) is 3.19. The number of hydrogen-bond acceptors (Lipinski definition) is 4. The van der Waals surface area contributed by atoms with Crippen LogP contribution in [0.5, 0.6) is 0 Å². The van der Waals surface area contributed by atoms with Gasteiger partial charge in [0, 0.05) is 12.2 Å². The van der Waals surface area contributed by atoms with Gasteiger partial charge in [0.05, 0.1) is 18.2 Å². The highest BCUT2D eigenvalue weighted by molar-refractivity contribution is 6.04. The molecule has 1 N–H and O–H groups in total. The summed E-state index contributed by atoms with van der Waals surface area (Å²) in [7, 11) is 0. The second-order valence-electron chi connectivity index (χ2n) is 5.24. The van der Waals surface area contributed by atoms with Gasteiger partial charge in [-0.05, 0) is 38.0 Å². The van der Waals surface area contributed by atoms with Crippen molar-refractivity contribution in [3.05, 3.63) is 35.4 Å². The summed E-state index contributed by atoms with van der Waals surface area (Å²) in [6.07, 6.45) is -2.70. The van der Waals surface area contributed by atoms with Gasteiger partial charge in [0.1, 0.15) is 6.61 Å². The largest absolute Gasteiger partial charge is 0.463 e. The average Bonchev–Trinajstić information content (AvgIpc) is 3.34. The summed E-state index contributed by atoms with van der Waals surface area (Å²) in [6.45, 7) is 2.91. The quantitative estimate of drug-likeness (QED) is 0.490.